The largest absolute Gasteiger partial charge is 0.504 e. The monoisotopic (exact) mass is 211 g/mol. The summed E-state index contributed by atoms with van der Waals surface area (Å²) in [5.74, 6) is -0.896. The Bertz CT molecular complexity index is 364. The average molecular weight is 211 g/mol. The van der Waals surface area contributed by atoms with Crippen molar-refractivity contribution in [3.05, 3.63) is 23.8 Å². The van der Waals surface area contributed by atoms with E-state index in [1.807, 2.05) is 0 Å². The van der Waals surface area contributed by atoms with E-state index < -0.39 is 12.0 Å². The van der Waals surface area contributed by atoms with Gasteiger partial charge in [0.2, 0.25) is 0 Å². The van der Waals surface area contributed by atoms with Gasteiger partial charge in [0.1, 0.15) is 0 Å². The van der Waals surface area contributed by atoms with E-state index in [4.69, 9.17) is 10.8 Å². The summed E-state index contributed by atoms with van der Waals surface area (Å²) in [4.78, 5) is 10.9. The van der Waals surface area contributed by atoms with Crippen LogP contribution in [0.25, 0.3) is 0 Å². The second-order valence-corrected chi connectivity index (χ2v) is 3.13. The second kappa shape index (κ2) is 4.65. The van der Waals surface area contributed by atoms with Gasteiger partial charge in [-0.05, 0) is 17.7 Å². The number of hydrogen-bond acceptors (Lipinski definition) is 5. The number of esters is 1. The van der Waals surface area contributed by atoms with E-state index >= 15 is 0 Å². The van der Waals surface area contributed by atoms with Crippen molar-refractivity contribution in [1.82, 2.24) is 0 Å². The van der Waals surface area contributed by atoms with Crippen LogP contribution in [0, 0.1) is 0 Å². The maximum absolute atomic E-state index is 10.9. The maximum Gasteiger partial charge on any atom is 0.307 e. The van der Waals surface area contributed by atoms with Crippen molar-refractivity contribution in [2.75, 3.05) is 7.11 Å². The van der Waals surface area contributed by atoms with Gasteiger partial charge >= 0.3 is 5.97 Å². The zero-order valence-corrected chi connectivity index (χ0v) is 8.30. The topological polar surface area (TPSA) is 92.8 Å². The molecule has 1 aromatic carbocycles. The van der Waals surface area contributed by atoms with Crippen LogP contribution < -0.4 is 5.73 Å². The zero-order valence-electron chi connectivity index (χ0n) is 8.30. The third kappa shape index (κ3) is 2.85. The Labute approximate surface area is 87.1 Å². The van der Waals surface area contributed by atoms with Crippen LogP contribution in [0.1, 0.15) is 18.0 Å². The molecule has 1 rings (SSSR count). The van der Waals surface area contributed by atoms with E-state index in [0.717, 1.165) is 0 Å². The van der Waals surface area contributed by atoms with Gasteiger partial charge in [0.05, 0.1) is 13.5 Å². The fourth-order valence-corrected chi connectivity index (χ4v) is 1.15. The lowest BCUT2D eigenvalue weighted by Crippen LogP contribution is -2.16. The Morgan fingerprint density at radius 1 is 1.47 bits per heavy atom. The van der Waals surface area contributed by atoms with E-state index in [1.165, 1.54) is 19.2 Å². The van der Waals surface area contributed by atoms with Gasteiger partial charge in [0.15, 0.2) is 11.5 Å². The molecule has 0 spiro atoms. The molecule has 0 bridgehead atoms. The molecule has 0 heterocycles. The molecule has 0 aliphatic rings. The molecule has 0 unspecified atom stereocenters. The zero-order chi connectivity index (χ0) is 11.4. The minimum absolute atomic E-state index is 0.0285. The Hall–Kier alpha value is -1.75. The summed E-state index contributed by atoms with van der Waals surface area (Å²) in [6, 6.07) is 3.64. The third-order valence-electron chi connectivity index (χ3n) is 2.04. The summed E-state index contributed by atoms with van der Waals surface area (Å²) in [5, 5.41) is 18.3. The van der Waals surface area contributed by atoms with Crippen molar-refractivity contribution in [2.45, 2.75) is 12.5 Å². The van der Waals surface area contributed by atoms with Crippen LogP contribution in [0.3, 0.4) is 0 Å². The minimum atomic E-state index is -0.552. The number of benzene rings is 1. The van der Waals surface area contributed by atoms with E-state index in [9.17, 15) is 9.90 Å². The number of phenolic OH excluding ortho intramolecular Hbond substituents is 2. The highest BCUT2D eigenvalue weighted by molar-refractivity contribution is 5.70. The number of phenols is 2. The van der Waals surface area contributed by atoms with Gasteiger partial charge < -0.3 is 20.7 Å². The first-order valence-corrected chi connectivity index (χ1v) is 4.39. The first-order valence-electron chi connectivity index (χ1n) is 4.39. The number of carbonyl (C=O) groups excluding carboxylic acids is 1. The quantitative estimate of drug-likeness (QED) is 0.504. The van der Waals surface area contributed by atoms with Crippen LogP contribution in [-0.4, -0.2) is 23.3 Å². The molecule has 5 heteroatoms. The average Bonchev–Trinajstić information content (AvgIpc) is 2.21. The molecule has 4 N–H and O–H groups in total. The van der Waals surface area contributed by atoms with Gasteiger partial charge in [0.25, 0.3) is 0 Å². The predicted molar refractivity (Wildman–Crippen MR) is 53.3 cm³/mol. The molecule has 0 saturated heterocycles. The van der Waals surface area contributed by atoms with Crippen LogP contribution in [-0.2, 0) is 9.53 Å². The standard InChI is InChI=1S/C10H13NO4/c1-15-10(14)5-7(11)6-2-3-8(12)9(13)4-6/h2-4,7,12-13H,5,11H2,1H3/t7-/m1/s1. The summed E-state index contributed by atoms with van der Waals surface area (Å²) in [6.45, 7) is 0. The highest BCUT2D eigenvalue weighted by atomic mass is 16.5. The summed E-state index contributed by atoms with van der Waals surface area (Å²) in [6.07, 6.45) is 0.0285. The molecule has 15 heavy (non-hydrogen) atoms. The van der Waals surface area contributed by atoms with Crippen LogP contribution in [0.15, 0.2) is 18.2 Å². The Balaban J connectivity index is 2.78. The van der Waals surface area contributed by atoms with Crippen LogP contribution in [0.2, 0.25) is 0 Å². The van der Waals surface area contributed by atoms with Crippen molar-refractivity contribution in [2.24, 2.45) is 5.73 Å². The lowest BCUT2D eigenvalue weighted by Gasteiger charge is -2.11. The normalized spacial score (nSPS) is 12.1. The van der Waals surface area contributed by atoms with Crippen molar-refractivity contribution in [3.8, 4) is 11.5 Å². The summed E-state index contributed by atoms with van der Waals surface area (Å²) >= 11 is 0. The molecule has 1 aromatic rings. The van der Waals surface area contributed by atoms with Crippen molar-refractivity contribution in [3.63, 3.8) is 0 Å². The molecule has 0 fully saturated rings. The molecule has 0 saturated carbocycles. The van der Waals surface area contributed by atoms with Crippen molar-refractivity contribution in [1.29, 1.82) is 0 Å². The molecule has 0 radical (unpaired) electrons. The highest BCUT2D eigenvalue weighted by Crippen LogP contribution is 2.27. The lowest BCUT2D eigenvalue weighted by atomic mass is 10.0. The Morgan fingerprint density at radius 2 is 2.13 bits per heavy atom. The van der Waals surface area contributed by atoms with E-state index in [2.05, 4.69) is 4.74 Å². The predicted octanol–water partition coefficient (Wildman–Crippen LogP) is 0.661. The number of ether oxygens (including phenoxy) is 1. The number of hydrogen-bond donors (Lipinski definition) is 3. The first kappa shape index (κ1) is 11.3. The molecule has 0 aliphatic carbocycles. The fourth-order valence-electron chi connectivity index (χ4n) is 1.15. The van der Waals surface area contributed by atoms with Gasteiger partial charge in [-0.15, -0.1) is 0 Å². The van der Waals surface area contributed by atoms with E-state index in [0.29, 0.717) is 5.56 Å². The van der Waals surface area contributed by atoms with Gasteiger partial charge in [-0.25, -0.2) is 0 Å². The molecule has 82 valence electrons. The fraction of sp³-hybridized carbons (Fsp3) is 0.300. The lowest BCUT2D eigenvalue weighted by molar-refractivity contribution is -0.141. The Morgan fingerprint density at radius 3 is 2.67 bits per heavy atom. The van der Waals surface area contributed by atoms with Crippen LogP contribution in [0.4, 0.5) is 0 Å². The molecule has 0 amide bonds. The molecule has 0 aromatic heterocycles. The summed E-state index contributed by atoms with van der Waals surface area (Å²) in [5.41, 5.74) is 6.26. The smallest absolute Gasteiger partial charge is 0.307 e. The van der Waals surface area contributed by atoms with Crippen molar-refractivity contribution < 1.29 is 19.7 Å². The van der Waals surface area contributed by atoms with Gasteiger partial charge in [-0.3, -0.25) is 4.79 Å². The number of aromatic hydroxyl groups is 2. The van der Waals surface area contributed by atoms with Crippen LogP contribution >= 0.6 is 0 Å². The number of methoxy groups -OCH3 is 1. The second-order valence-electron chi connectivity index (χ2n) is 3.13. The number of carbonyl (C=O) groups is 1. The minimum Gasteiger partial charge on any atom is -0.504 e. The molecular weight excluding hydrogens is 198 g/mol. The van der Waals surface area contributed by atoms with E-state index in [1.54, 1.807) is 6.07 Å². The van der Waals surface area contributed by atoms with Gasteiger partial charge in [-0.2, -0.15) is 0 Å². The summed E-state index contributed by atoms with van der Waals surface area (Å²) < 4.78 is 4.47. The maximum atomic E-state index is 10.9. The molecular formula is C10H13NO4. The summed E-state index contributed by atoms with van der Waals surface area (Å²) in [7, 11) is 1.28. The SMILES string of the molecule is COC(=O)C[C@@H](N)c1ccc(O)c(O)c1. The van der Waals surface area contributed by atoms with Gasteiger partial charge in [-0.1, -0.05) is 6.07 Å². The molecule has 5 nitrogen and oxygen atoms in total. The number of nitrogens with two attached hydrogens (primary N) is 1. The van der Waals surface area contributed by atoms with Crippen molar-refractivity contribution >= 4 is 5.97 Å². The van der Waals surface area contributed by atoms with Gasteiger partial charge in [0, 0.05) is 6.04 Å². The van der Waals surface area contributed by atoms with E-state index in [-0.39, 0.29) is 17.9 Å². The molecule has 0 aliphatic heterocycles. The van der Waals surface area contributed by atoms with Crippen LogP contribution in [0.5, 0.6) is 11.5 Å². The Kier molecular flexibility index (Phi) is 3.51. The highest BCUT2D eigenvalue weighted by Gasteiger charge is 2.13. The number of rotatable bonds is 3. The molecule has 1 atom stereocenters. The first-order chi connectivity index (χ1) is 7.04. The third-order valence-corrected chi connectivity index (χ3v) is 2.04.